The highest BCUT2D eigenvalue weighted by molar-refractivity contribution is 5.76. The van der Waals surface area contributed by atoms with Crippen LogP contribution < -0.4 is 20.7 Å². The number of nitrogens with one attached hydrogen (secondary N) is 3. The number of aromatic nitrogens is 6. The van der Waals surface area contributed by atoms with Crippen LogP contribution in [-0.4, -0.2) is 277 Å². The number of hydrogen-bond acceptors (Lipinski definition) is 26. The first-order valence-corrected chi connectivity index (χ1v) is 29.1. The van der Waals surface area contributed by atoms with Gasteiger partial charge in [-0.3, -0.25) is 19.2 Å². The molecule has 1 aliphatic carbocycles. The van der Waals surface area contributed by atoms with Crippen LogP contribution in [0.1, 0.15) is 44.5 Å². The maximum atomic E-state index is 13.8. The van der Waals surface area contributed by atoms with Crippen molar-refractivity contribution in [3.8, 4) is 5.75 Å². The Hall–Kier alpha value is -5.65. The van der Waals surface area contributed by atoms with Crippen LogP contribution in [0.2, 0.25) is 0 Å². The topological polar surface area (TPSA) is 398 Å². The molecule has 36 heteroatoms. The second-order valence-electron chi connectivity index (χ2n) is 20.5. The van der Waals surface area contributed by atoms with Gasteiger partial charge in [0.2, 0.25) is 52.6 Å². The summed E-state index contributed by atoms with van der Waals surface area (Å²) in [6.45, 7) is 4.51. The van der Waals surface area contributed by atoms with Gasteiger partial charge in [0.1, 0.15) is 30.5 Å². The second kappa shape index (κ2) is 41.0. The number of carbonyl (C=O) groups is 4. The first-order chi connectivity index (χ1) is 43.3. The fourth-order valence-corrected chi connectivity index (χ4v) is 8.95. The highest BCUT2D eigenvalue weighted by Crippen LogP contribution is 2.30. The van der Waals surface area contributed by atoms with Crippen molar-refractivity contribution in [2.75, 3.05) is 132 Å². The lowest BCUT2D eigenvalue weighted by Crippen LogP contribution is -2.64. The van der Waals surface area contributed by atoms with Crippen LogP contribution in [0.25, 0.3) is 0 Å². The molecule has 1 saturated heterocycles. The summed E-state index contributed by atoms with van der Waals surface area (Å²) >= 11 is 0. The van der Waals surface area contributed by atoms with Crippen LogP contribution >= 0.6 is 0 Å². The summed E-state index contributed by atoms with van der Waals surface area (Å²) in [5.41, 5.74) is 1.21. The normalized spacial score (nSPS) is 22.1. The Morgan fingerprint density at radius 1 is 0.567 bits per heavy atom. The Balaban J connectivity index is 0.933. The first kappa shape index (κ1) is 75.1. The largest absolute Gasteiger partial charge is 0.420 e. The summed E-state index contributed by atoms with van der Waals surface area (Å²) in [6, 6.07) is -2.52. The smallest absolute Gasteiger partial charge is 0.313 e. The number of benzene rings is 1. The van der Waals surface area contributed by atoms with Crippen molar-refractivity contribution in [2.45, 2.75) is 120 Å². The monoisotopic (exact) mass is 1300 g/mol. The predicted octanol–water partition coefficient (Wildman–Crippen LogP) is -3.06. The number of halogens is 5. The third-order valence-corrected chi connectivity index (χ3v) is 13.6. The predicted molar refractivity (Wildman–Crippen MR) is 293 cm³/mol. The molecular weight excluding hydrogens is 1220 g/mol. The van der Waals surface area contributed by atoms with Crippen LogP contribution in [-0.2, 0) is 97.2 Å². The van der Waals surface area contributed by atoms with Crippen molar-refractivity contribution in [1.82, 2.24) is 45.9 Å². The van der Waals surface area contributed by atoms with Gasteiger partial charge in [0.15, 0.2) is 6.29 Å². The number of aliphatic hydroxyl groups excluding tert-OH is 6. The summed E-state index contributed by atoms with van der Waals surface area (Å²) < 4.78 is 137. The molecule has 2 fully saturated rings. The molecule has 5 rings (SSSR count). The van der Waals surface area contributed by atoms with E-state index in [1.165, 1.54) is 13.8 Å². The number of ether oxygens (including phenoxy) is 12. The fraction of sp³-hybridized carbons (Fsp3) is 0.741. The third kappa shape index (κ3) is 25.8. The number of hydrogen-bond donors (Lipinski definition) is 9. The zero-order valence-electron chi connectivity index (χ0n) is 49.9. The van der Waals surface area contributed by atoms with Gasteiger partial charge in [-0.1, -0.05) is 10.4 Å². The lowest BCUT2D eigenvalue weighted by atomic mass is 9.79. The van der Waals surface area contributed by atoms with Crippen molar-refractivity contribution in [3.63, 3.8) is 0 Å². The minimum Gasteiger partial charge on any atom is -0.420 e. The number of aliphatic hydroxyl groups is 6. The van der Waals surface area contributed by atoms with Gasteiger partial charge in [0.25, 0.3) is 0 Å². The van der Waals surface area contributed by atoms with E-state index in [1.54, 1.807) is 21.8 Å². The van der Waals surface area contributed by atoms with Gasteiger partial charge in [0.05, 0.1) is 181 Å². The Morgan fingerprint density at radius 2 is 1.02 bits per heavy atom. The Morgan fingerprint density at radius 3 is 1.53 bits per heavy atom. The summed E-state index contributed by atoms with van der Waals surface area (Å²) in [6.07, 6.45) is -4.64. The van der Waals surface area contributed by atoms with Crippen LogP contribution in [0.5, 0.6) is 5.75 Å². The van der Waals surface area contributed by atoms with E-state index in [9.17, 15) is 71.8 Å². The van der Waals surface area contributed by atoms with Crippen LogP contribution in [0, 0.1) is 35.0 Å². The molecule has 90 heavy (non-hydrogen) atoms. The van der Waals surface area contributed by atoms with Crippen molar-refractivity contribution in [2.24, 2.45) is 5.92 Å². The molecule has 0 spiro atoms. The fourth-order valence-electron chi connectivity index (χ4n) is 8.95. The Labute approximate surface area is 513 Å². The molecular formula is C54H82F5N9O22. The van der Waals surface area contributed by atoms with E-state index in [4.69, 9.17) is 52.1 Å². The van der Waals surface area contributed by atoms with E-state index < -0.39 is 139 Å². The molecule has 510 valence electrons. The Bertz CT molecular complexity index is 2460. The van der Waals surface area contributed by atoms with Gasteiger partial charge in [-0.15, -0.1) is 10.2 Å². The maximum absolute atomic E-state index is 13.8. The van der Waals surface area contributed by atoms with E-state index in [0.717, 1.165) is 0 Å². The zero-order chi connectivity index (χ0) is 65.4. The van der Waals surface area contributed by atoms with Crippen LogP contribution in [0.3, 0.4) is 0 Å². The average molecular weight is 1300 g/mol. The maximum Gasteiger partial charge on any atom is 0.313 e. The molecule has 3 aromatic rings. The number of carbonyl (C=O) groups excluding carboxylic acids is 4. The summed E-state index contributed by atoms with van der Waals surface area (Å²) in [5.74, 6) is -16.5. The van der Waals surface area contributed by atoms with Crippen LogP contribution in [0.15, 0.2) is 12.4 Å². The van der Waals surface area contributed by atoms with Crippen LogP contribution in [0.4, 0.5) is 22.0 Å². The van der Waals surface area contributed by atoms with E-state index in [2.05, 4.69) is 41.3 Å². The molecule has 3 amide bonds. The zero-order valence-corrected chi connectivity index (χ0v) is 49.9. The Kier molecular flexibility index (Phi) is 34.2. The minimum absolute atomic E-state index is 0.0374. The van der Waals surface area contributed by atoms with Gasteiger partial charge in [-0.2, -0.15) is 8.78 Å². The number of rotatable bonds is 45. The van der Waals surface area contributed by atoms with Gasteiger partial charge in [-0.25, -0.2) is 22.5 Å². The molecule has 1 aromatic carbocycles. The number of nitrogens with zero attached hydrogens (tertiary/aromatic N) is 6. The summed E-state index contributed by atoms with van der Waals surface area (Å²) in [5, 5.41) is 85.1. The molecule has 1 unspecified atom stereocenters. The molecule has 11 atom stereocenters. The van der Waals surface area contributed by atoms with Gasteiger partial charge >= 0.3 is 5.97 Å². The van der Waals surface area contributed by atoms with E-state index >= 15 is 0 Å². The molecule has 1 saturated carbocycles. The molecule has 9 N–H and O–H groups in total. The summed E-state index contributed by atoms with van der Waals surface area (Å²) in [7, 11) is 0. The van der Waals surface area contributed by atoms with E-state index in [1.807, 2.05) is 0 Å². The summed E-state index contributed by atoms with van der Waals surface area (Å²) in [4.78, 5) is 48.2. The standard InChI is InChI=1S/C54H82F5N9O22/c1-32(71)60-47-38(25-34(28-69)49(75)51(47)77)87-11-3-35-26-67(65-63-35)7-13-81-17-19-83-21-23-85-30-37(62-40(73)5-9-79-15-16-80-10-6-41(74)90-53-45(58)43(56)42(55)44(57)46(53)59)31-86-24-22-84-20-18-82-14-8-68-27-36(64-66-68)4-12-88-54-48(61-33(2)72)52(78)50(76)39(29-70)89-54/h26-27,34,37-39,47-52,54,69-70,75-78H,3-25,28-31H2,1-2H3,(H,60,71)(H,61,72)(H,62,73)/t34-,37?,38-,39-,47+,48-,49+,50+,51-,52-,54-/m1/s1. The van der Waals surface area contributed by atoms with Crippen molar-refractivity contribution in [1.29, 1.82) is 0 Å². The molecule has 2 aromatic heterocycles. The quantitative estimate of drug-likeness (QED) is 0.00677. The lowest BCUT2D eigenvalue weighted by Gasteiger charge is -2.42. The van der Waals surface area contributed by atoms with Crippen molar-refractivity contribution >= 4 is 23.7 Å². The molecule has 31 nitrogen and oxygen atoms in total. The highest BCUT2D eigenvalue weighted by Gasteiger charge is 2.46. The average Bonchev–Trinajstić information content (AvgIpc) is 1.30. The van der Waals surface area contributed by atoms with E-state index in [0.29, 0.717) is 43.9 Å². The lowest BCUT2D eigenvalue weighted by molar-refractivity contribution is -0.269. The molecule has 3 heterocycles. The van der Waals surface area contributed by atoms with Gasteiger partial charge in [-0.05, 0) is 6.42 Å². The third-order valence-electron chi connectivity index (χ3n) is 13.6. The minimum atomic E-state index is -2.40. The number of amides is 3. The van der Waals surface area contributed by atoms with Crippen molar-refractivity contribution in [3.05, 3.63) is 52.9 Å². The molecule has 2 aliphatic rings. The first-order valence-electron chi connectivity index (χ1n) is 29.1. The van der Waals surface area contributed by atoms with E-state index in [-0.39, 0.29) is 132 Å². The SMILES string of the molecule is CC(=O)N[C@@H]1[C@@H](O)[C@@H](O)[C@@H](CO)C[C@H]1OCCc1cn(CCOCCOCCOCC(COCCOCCOCCn2cc(CCO[C@@H]3O[C@H](CO)[C@H](O)[C@H](O)[C@H]3NC(C)=O)nn2)NC(=O)CCOCCOCCC(=O)Oc2c(F)c(F)c(F)c(F)c2F)nn1. The number of esters is 1. The van der Waals surface area contributed by atoms with Gasteiger partial charge < -0.3 is 103 Å². The highest BCUT2D eigenvalue weighted by atomic mass is 19.2. The second-order valence-corrected chi connectivity index (χ2v) is 20.5. The molecule has 1 aliphatic heterocycles. The molecule has 0 radical (unpaired) electrons. The molecule has 0 bridgehead atoms. The van der Waals surface area contributed by atoms with Gasteiger partial charge in [0, 0.05) is 58.0 Å². The van der Waals surface area contributed by atoms with Crippen molar-refractivity contribution < 1.29 is 129 Å².